The first-order valence-corrected chi connectivity index (χ1v) is 5.17. The lowest BCUT2D eigenvalue weighted by Crippen LogP contribution is -1.69. The first kappa shape index (κ1) is 18.1. The Balaban J connectivity index is -0.000000144. The van der Waals surface area contributed by atoms with Gasteiger partial charge in [0.1, 0.15) is 5.76 Å². The fourth-order valence-electron chi connectivity index (χ4n) is 0.361. The van der Waals surface area contributed by atoms with Crippen molar-refractivity contribution in [1.29, 1.82) is 0 Å². The summed E-state index contributed by atoms with van der Waals surface area (Å²) in [5.74, 6) is 0.903. The van der Waals surface area contributed by atoms with Gasteiger partial charge in [-0.1, -0.05) is 41.5 Å². The Labute approximate surface area is 83.4 Å². The molecule has 0 aliphatic heterocycles. The maximum atomic E-state index is 4.85. The third-order valence-corrected chi connectivity index (χ3v) is 0.985. The monoisotopic (exact) mass is 187 g/mol. The van der Waals surface area contributed by atoms with Gasteiger partial charge in [0, 0.05) is 0 Å². The van der Waals surface area contributed by atoms with E-state index in [2.05, 4.69) is 4.98 Å². The number of aromatic nitrogens is 1. The van der Waals surface area contributed by atoms with Crippen LogP contribution in [0.1, 0.15) is 53.0 Å². The molecule has 2 nitrogen and oxygen atoms in total. The van der Waals surface area contributed by atoms with Gasteiger partial charge in [0.15, 0.2) is 6.39 Å². The van der Waals surface area contributed by atoms with Crippen molar-refractivity contribution in [3.05, 3.63) is 17.8 Å². The maximum Gasteiger partial charge on any atom is 0.181 e. The average Bonchev–Trinajstić information content (AvgIpc) is 2.61. The molecule has 2 heteroatoms. The molecule has 0 aliphatic carbocycles. The van der Waals surface area contributed by atoms with Crippen LogP contribution in [-0.2, 0) is 0 Å². The third-order valence-electron chi connectivity index (χ3n) is 0.985. The van der Waals surface area contributed by atoms with E-state index in [1.165, 1.54) is 6.39 Å². The highest BCUT2D eigenvalue weighted by molar-refractivity contribution is 5.00. The van der Waals surface area contributed by atoms with Gasteiger partial charge in [0.05, 0.1) is 5.69 Å². The van der Waals surface area contributed by atoms with Crippen molar-refractivity contribution in [1.82, 2.24) is 4.98 Å². The van der Waals surface area contributed by atoms with Gasteiger partial charge in [-0.3, -0.25) is 0 Å². The molecule has 0 spiro atoms. The van der Waals surface area contributed by atoms with Crippen molar-refractivity contribution in [3.63, 3.8) is 0 Å². The summed E-state index contributed by atoms with van der Waals surface area (Å²) in [6, 6.07) is 0. The molecule has 80 valence electrons. The fraction of sp³-hybridized carbons (Fsp3) is 0.727. The summed E-state index contributed by atoms with van der Waals surface area (Å²) in [6.45, 7) is 15.8. The van der Waals surface area contributed by atoms with Crippen LogP contribution in [0.25, 0.3) is 0 Å². The van der Waals surface area contributed by atoms with Gasteiger partial charge in [-0.15, -0.1) is 0 Å². The van der Waals surface area contributed by atoms with Crippen molar-refractivity contribution in [2.75, 3.05) is 0 Å². The lowest BCUT2D eigenvalue weighted by atomic mass is 10.4. The molecule has 0 aliphatic rings. The molecule has 0 radical (unpaired) electrons. The molecular weight excluding hydrogens is 162 g/mol. The Bertz CT molecular complexity index is 142. The zero-order valence-electron chi connectivity index (χ0n) is 10.4. The topological polar surface area (TPSA) is 26.0 Å². The highest BCUT2D eigenvalue weighted by Gasteiger charge is 1.90. The molecule has 13 heavy (non-hydrogen) atoms. The lowest BCUT2D eigenvalue weighted by Gasteiger charge is -1.76. The van der Waals surface area contributed by atoms with E-state index in [1.54, 1.807) is 0 Å². The standard InChI is InChI=1S/C5H7NO.3C2H6/c1-4-5(2)7-3-6-4;3*1-2/h3H,1-2H3;3*1-2H3. The molecule has 0 unspecified atom stereocenters. The van der Waals surface area contributed by atoms with Crippen molar-refractivity contribution >= 4 is 0 Å². The molecule has 0 saturated carbocycles. The quantitative estimate of drug-likeness (QED) is 0.602. The minimum Gasteiger partial charge on any atom is -0.449 e. The molecule has 0 N–H and O–H groups in total. The van der Waals surface area contributed by atoms with Gasteiger partial charge in [-0.25, -0.2) is 4.98 Å². The van der Waals surface area contributed by atoms with Crippen LogP contribution in [0.3, 0.4) is 0 Å². The van der Waals surface area contributed by atoms with Crippen molar-refractivity contribution in [2.45, 2.75) is 55.4 Å². The maximum absolute atomic E-state index is 4.85. The Morgan fingerprint density at radius 1 is 0.923 bits per heavy atom. The van der Waals surface area contributed by atoms with Crippen LogP contribution >= 0.6 is 0 Å². The van der Waals surface area contributed by atoms with Crippen molar-refractivity contribution in [2.24, 2.45) is 0 Å². The molecule has 0 saturated heterocycles. The molecule has 0 bridgehead atoms. The second-order valence-electron chi connectivity index (χ2n) is 1.49. The normalized spacial score (nSPS) is 6.46. The number of rotatable bonds is 0. The van der Waals surface area contributed by atoms with Gasteiger partial charge in [0.25, 0.3) is 0 Å². The van der Waals surface area contributed by atoms with E-state index >= 15 is 0 Å². The fourth-order valence-corrected chi connectivity index (χ4v) is 0.361. The summed E-state index contributed by atoms with van der Waals surface area (Å²) in [7, 11) is 0. The van der Waals surface area contributed by atoms with Gasteiger partial charge >= 0.3 is 0 Å². The van der Waals surface area contributed by atoms with Gasteiger partial charge in [-0.2, -0.15) is 0 Å². The van der Waals surface area contributed by atoms with E-state index < -0.39 is 0 Å². The van der Waals surface area contributed by atoms with E-state index in [0.717, 1.165) is 11.5 Å². The number of aryl methyl sites for hydroxylation is 2. The summed E-state index contributed by atoms with van der Waals surface area (Å²) >= 11 is 0. The average molecular weight is 187 g/mol. The predicted octanol–water partition coefficient (Wildman–Crippen LogP) is 4.37. The Hall–Kier alpha value is -0.790. The van der Waals surface area contributed by atoms with Crippen LogP contribution in [0.15, 0.2) is 10.8 Å². The molecule has 0 aromatic carbocycles. The van der Waals surface area contributed by atoms with Gasteiger partial charge in [0.2, 0.25) is 0 Å². The SMILES string of the molecule is CC.CC.CC.Cc1ncoc1C. The molecule has 1 aromatic rings. The van der Waals surface area contributed by atoms with Crippen LogP contribution in [0.5, 0.6) is 0 Å². The Morgan fingerprint density at radius 2 is 1.31 bits per heavy atom. The van der Waals surface area contributed by atoms with Crippen LogP contribution in [0.2, 0.25) is 0 Å². The molecule has 0 atom stereocenters. The second kappa shape index (κ2) is 17.3. The first-order valence-electron chi connectivity index (χ1n) is 5.17. The predicted molar refractivity (Wildman–Crippen MR) is 60.0 cm³/mol. The minimum absolute atomic E-state index is 0.903. The van der Waals surface area contributed by atoms with E-state index in [9.17, 15) is 0 Å². The third kappa shape index (κ3) is 11.2. The highest BCUT2D eigenvalue weighted by atomic mass is 16.3. The lowest BCUT2D eigenvalue weighted by molar-refractivity contribution is 0.525. The zero-order chi connectivity index (χ0) is 11.3. The van der Waals surface area contributed by atoms with Crippen LogP contribution in [0, 0.1) is 13.8 Å². The summed E-state index contributed by atoms with van der Waals surface area (Å²) in [4.78, 5) is 3.85. The van der Waals surface area contributed by atoms with E-state index in [-0.39, 0.29) is 0 Å². The molecular formula is C11H25NO. The van der Waals surface area contributed by atoms with E-state index in [4.69, 9.17) is 4.42 Å². The van der Waals surface area contributed by atoms with Crippen LogP contribution in [-0.4, -0.2) is 4.98 Å². The second-order valence-corrected chi connectivity index (χ2v) is 1.49. The summed E-state index contributed by atoms with van der Waals surface area (Å²) in [5, 5.41) is 0. The zero-order valence-corrected chi connectivity index (χ0v) is 10.4. The minimum atomic E-state index is 0.903. The molecule has 1 heterocycles. The number of oxazole rings is 1. The van der Waals surface area contributed by atoms with E-state index in [0.29, 0.717) is 0 Å². The highest BCUT2D eigenvalue weighted by Crippen LogP contribution is 1.99. The van der Waals surface area contributed by atoms with Crippen molar-refractivity contribution < 1.29 is 4.42 Å². The summed E-state index contributed by atoms with van der Waals surface area (Å²) < 4.78 is 4.85. The number of hydrogen-bond donors (Lipinski definition) is 0. The largest absolute Gasteiger partial charge is 0.449 e. The van der Waals surface area contributed by atoms with Gasteiger partial charge in [-0.05, 0) is 13.8 Å². The number of hydrogen-bond acceptors (Lipinski definition) is 2. The Morgan fingerprint density at radius 3 is 1.38 bits per heavy atom. The summed E-state index contributed by atoms with van der Waals surface area (Å²) in [6.07, 6.45) is 1.45. The number of nitrogens with zero attached hydrogens (tertiary/aromatic N) is 1. The molecule has 1 aromatic heterocycles. The molecule has 0 amide bonds. The van der Waals surface area contributed by atoms with Crippen LogP contribution in [0.4, 0.5) is 0 Å². The molecule has 1 rings (SSSR count). The Kier molecular flexibility index (Phi) is 24.1. The molecule has 0 fully saturated rings. The van der Waals surface area contributed by atoms with Crippen molar-refractivity contribution in [3.8, 4) is 0 Å². The first-order chi connectivity index (χ1) is 6.30. The van der Waals surface area contributed by atoms with E-state index in [1.807, 2.05) is 55.4 Å². The van der Waals surface area contributed by atoms with Crippen LogP contribution < -0.4 is 0 Å². The smallest absolute Gasteiger partial charge is 0.181 e. The summed E-state index contributed by atoms with van der Waals surface area (Å²) in [5.41, 5.74) is 0.972. The van der Waals surface area contributed by atoms with Gasteiger partial charge < -0.3 is 4.42 Å².